The summed E-state index contributed by atoms with van der Waals surface area (Å²) in [7, 11) is -3.41. The van der Waals surface area contributed by atoms with Crippen LogP contribution in [0.3, 0.4) is 0 Å². The van der Waals surface area contributed by atoms with E-state index in [0.717, 1.165) is 31.6 Å². The predicted octanol–water partition coefficient (Wildman–Crippen LogP) is 1.46. The molecule has 1 rings (SSSR count). The highest BCUT2D eigenvalue weighted by Gasteiger charge is 2.43. The van der Waals surface area contributed by atoms with Gasteiger partial charge in [0.2, 0.25) is 0 Å². The second-order valence-corrected chi connectivity index (χ2v) is 7.13. The molecule has 1 aliphatic rings. The van der Waals surface area contributed by atoms with Gasteiger partial charge in [0.15, 0.2) is 0 Å². The lowest BCUT2D eigenvalue weighted by molar-refractivity contribution is 0.113. The summed E-state index contributed by atoms with van der Waals surface area (Å²) in [5, 5.41) is 0. The molecule has 6 heteroatoms. The van der Waals surface area contributed by atoms with E-state index in [4.69, 9.17) is 5.73 Å². The van der Waals surface area contributed by atoms with E-state index in [9.17, 15) is 8.42 Å². The summed E-state index contributed by atoms with van der Waals surface area (Å²) < 4.78 is 28.9. The van der Waals surface area contributed by atoms with Gasteiger partial charge in [-0.1, -0.05) is 27.2 Å². The van der Waals surface area contributed by atoms with Gasteiger partial charge in [0.1, 0.15) is 0 Å². The zero-order valence-corrected chi connectivity index (χ0v) is 13.3. The molecule has 0 heterocycles. The molecule has 0 aliphatic heterocycles. The first kappa shape index (κ1) is 16.9. The van der Waals surface area contributed by atoms with Crippen LogP contribution in [0.2, 0.25) is 0 Å². The van der Waals surface area contributed by atoms with E-state index in [2.05, 4.69) is 11.6 Å². The topological polar surface area (TPSA) is 75.4 Å². The van der Waals surface area contributed by atoms with E-state index in [1.807, 2.05) is 6.92 Å². The molecule has 0 unspecified atom stereocenters. The summed E-state index contributed by atoms with van der Waals surface area (Å²) in [5.41, 5.74) is 5.57. The number of hydrogen-bond acceptors (Lipinski definition) is 3. The van der Waals surface area contributed by atoms with Crippen LogP contribution in [-0.2, 0) is 10.2 Å². The van der Waals surface area contributed by atoms with Gasteiger partial charge in [0.05, 0.1) is 0 Å². The van der Waals surface area contributed by atoms with Crippen LogP contribution in [0.15, 0.2) is 0 Å². The molecule has 1 saturated carbocycles. The zero-order chi connectivity index (χ0) is 14.5. The lowest BCUT2D eigenvalue weighted by Crippen LogP contribution is -2.60. The number of nitrogens with zero attached hydrogens (tertiary/aromatic N) is 1. The van der Waals surface area contributed by atoms with Crippen LogP contribution in [-0.4, -0.2) is 37.9 Å². The van der Waals surface area contributed by atoms with Gasteiger partial charge >= 0.3 is 0 Å². The Bertz CT molecular complexity index is 362. The molecule has 19 heavy (non-hydrogen) atoms. The van der Waals surface area contributed by atoms with Gasteiger partial charge in [-0.05, 0) is 31.6 Å². The van der Waals surface area contributed by atoms with Gasteiger partial charge in [-0.25, -0.2) is 4.72 Å². The molecule has 5 nitrogen and oxygen atoms in total. The summed E-state index contributed by atoms with van der Waals surface area (Å²) in [6, 6.07) is 0. The van der Waals surface area contributed by atoms with Crippen molar-refractivity contribution >= 4 is 10.2 Å². The highest BCUT2D eigenvalue weighted by molar-refractivity contribution is 7.87. The summed E-state index contributed by atoms with van der Waals surface area (Å²) in [4.78, 5) is 0. The molecule has 1 fully saturated rings. The Kier molecular flexibility index (Phi) is 6.23. The minimum absolute atomic E-state index is 0.387. The van der Waals surface area contributed by atoms with Crippen molar-refractivity contribution in [3.05, 3.63) is 0 Å². The minimum Gasteiger partial charge on any atom is -0.329 e. The van der Waals surface area contributed by atoms with Crippen LogP contribution in [0.25, 0.3) is 0 Å². The van der Waals surface area contributed by atoms with Crippen LogP contribution in [0.5, 0.6) is 0 Å². The standard InChI is InChI=1S/C13H29N3O2S/c1-4-12-7-9-13(11-14,10-8-12)16(6-3)19(17,18)15-5-2/h12,15H,4-11,14H2,1-3H3. The van der Waals surface area contributed by atoms with E-state index < -0.39 is 10.2 Å². The molecule has 0 amide bonds. The first-order chi connectivity index (χ1) is 8.95. The largest absolute Gasteiger partial charge is 0.329 e. The Hall–Kier alpha value is -0.170. The van der Waals surface area contributed by atoms with Crippen molar-refractivity contribution in [2.45, 2.75) is 58.4 Å². The third-order valence-electron chi connectivity index (χ3n) is 4.43. The van der Waals surface area contributed by atoms with Crippen LogP contribution >= 0.6 is 0 Å². The molecular formula is C13H29N3O2S. The van der Waals surface area contributed by atoms with Crippen LogP contribution in [0.1, 0.15) is 52.9 Å². The maximum absolute atomic E-state index is 12.3. The van der Waals surface area contributed by atoms with Gasteiger partial charge in [-0.3, -0.25) is 0 Å². The number of nitrogens with one attached hydrogen (secondary N) is 1. The number of nitrogens with two attached hydrogens (primary N) is 1. The molecule has 0 saturated heterocycles. The molecule has 0 radical (unpaired) electrons. The van der Waals surface area contributed by atoms with E-state index in [1.165, 1.54) is 6.42 Å². The zero-order valence-electron chi connectivity index (χ0n) is 12.5. The fourth-order valence-electron chi connectivity index (χ4n) is 3.20. The normalized spacial score (nSPS) is 28.8. The SMILES string of the molecule is CCNS(=O)(=O)N(CC)C1(CN)CCC(CC)CC1. The molecule has 0 atom stereocenters. The van der Waals surface area contributed by atoms with Crippen molar-refractivity contribution < 1.29 is 8.42 Å². The third kappa shape index (κ3) is 3.68. The summed E-state index contributed by atoms with van der Waals surface area (Å²) >= 11 is 0. The molecule has 0 aromatic heterocycles. The Morgan fingerprint density at radius 3 is 2.21 bits per heavy atom. The maximum Gasteiger partial charge on any atom is 0.279 e. The van der Waals surface area contributed by atoms with E-state index >= 15 is 0 Å². The highest BCUT2D eigenvalue weighted by Crippen LogP contribution is 2.38. The molecule has 0 aromatic carbocycles. The van der Waals surface area contributed by atoms with E-state index in [0.29, 0.717) is 19.6 Å². The van der Waals surface area contributed by atoms with Crippen molar-refractivity contribution in [2.75, 3.05) is 19.6 Å². The molecule has 1 aliphatic carbocycles. The third-order valence-corrected chi connectivity index (χ3v) is 6.31. The fourth-order valence-corrected chi connectivity index (χ4v) is 4.83. The molecular weight excluding hydrogens is 262 g/mol. The quantitative estimate of drug-likeness (QED) is 0.745. The number of rotatable bonds is 7. The summed E-state index contributed by atoms with van der Waals surface area (Å²) in [5.74, 6) is 0.722. The average Bonchev–Trinajstić information content (AvgIpc) is 2.39. The van der Waals surface area contributed by atoms with E-state index in [-0.39, 0.29) is 5.54 Å². The number of likely N-dealkylation sites (N-methyl/N-ethyl adjacent to an activating group) is 1. The van der Waals surface area contributed by atoms with Crippen LogP contribution in [0, 0.1) is 5.92 Å². The Balaban J connectivity index is 2.93. The minimum atomic E-state index is -3.41. The fraction of sp³-hybridized carbons (Fsp3) is 1.00. The molecule has 3 N–H and O–H groups in total. The lowest BCUT2D eigenvalue weighted by Gasteiger charge is -2.46. The second-order valence-electron chi connectivity index (χ2n) is 5.45. The monoisotopic (exact) mass is 291 g/mol. The Morgan fingerprint density at radius 1 is 1.26 bits per heavy atom. The van der Waals surface area contributed by atoms with Gasteiger partial charge in [-0.2, -0.15) is 12.7 Å². The average molecular weight is 291 g/mol. The maximum atomic E-state index is 12.3. The van der Waals surface area contributed by atoms with E-state index in [1.54, 1.807) is 11.2 Å². The predicted molar refractivity (Wildman–Crippen MR) is 79.0 cm³/mol. The molecule has 114 valence electrons. The van der Waals surface area contributed by atoms with Crippen molar-refractivity contribution in [3.63, 3.8) is 0 Å². The van der Waals surface area contributed by atoms with Gasteiger partial charge in [0, 0.05) is 25.2 Å². The second kappa shape index (κ2) is 7.02. The molecule has 0 aromatic rings. The first-order valence-electron chi connectivity index (χ1n) is 7.43. The Labute approximate surface area is 118 Å². The van der Waals surface area contributed by atoms with Crippen molar-refractivity contribution in [1.82, 2.24) is 9.03 Å². The summed E-state index contributed by atoms with van der Waals surface area (Å²) in [6.45, 7) is 7.18. The highest BCUT2D eigenvalue weighted by atomic mass is 32.2. The lowest BCUT2D eigenvalue weighted by atomic mass is 9.75. The first-order valence-corrected chi connectivity index (χ1v) is 8.87. The van der Waals surface area contributed by atoms with Gasteiger partial charge < -0.3 is 5.73 Å². The molecule has 0 bridgehead atoms. The summed E-state index contributed by atoms with van der Waals surface area (Å²) in [6.07, 6.45) is 5.07. The van der Waals surface area contributed by atoms with Crippen molar-refractivity contribution in [2.24, 2.45) is 11.7 Å². The smallest absolute Gasteiger partial charge is 0.279 e. The van der Waals surface area contributed by atoms with Gasteiger partial charge in [0.25, 0.3) is 10.2 Å². The van der Waals surface area contributed by atoms with Crippen LogP contribution < -0.4 is 10.5 Å². The molecule has 0 spiro atoms. The van der Waals surface area contributed by atoms with Crippen molar-refractivity contribution in [3.8, 4) is 0 Å². The van der Waals surface area contributed by atoms with Crippen LogP contribution in [0.4, 0.5) is 0 Å². The van der Waals surface area contributed by atoms with Crippen molar-refractivity contribution in [1.29, 1.82) is 0 Å². The van der Waals surface area contributed by atoms with Gasteiger partial charge in [-0.15, -0.1) is 0 Å². The Morgan fingerprint density at radius 2 is 1.84 bits per heavy atom. The number of hydrogen-bond donors (Lipinski definition) is 2.